The van der Waals surface area contributed by atoms with Crippen LogP contribution in [0.25, 0.3) is 33.8 Å². The molecule has 5 rings (SSSR count). The first kappa shape index (κ1) is 25.4. The molecule has 0 saturated carbocycles. The van der Waals surface area contributed by atoms with Gasteiger partial charge in [0.05, 0.1) is 18.5 Å². The van der Waals surface area contributed by atoms with Crippen LogP contribution in [-0.2, 0) is 13.1 Å². The largest absolute Gasteiger partial charge is 0.490 e. The van der Waals surface area contributed by atoms with Gasteiger partial charge in [0.15, 0.2) is 23.1 Å². The van der Waals surface area contributed by atoms with Gasteiger partial charge in [-0.2, -0.15) is 0 Å². The Bertz CT molecular complexity index is 1580. The van der Waals surface area contributed by atoms with E-state index in [1.54, 1.807) is 12.4 Å². The molecule has 0 amide bonds. The standard InChI is InChI=1S/C25H27ClN10O2/c1-3-36-22-18(37-9-5-8-29-11-16-12-30-14(2)32-23(16)27)13-31-19(15-6-4-7-17(26)10-15)20(22)33-25(36)21-24(28)35-38-34-21/h4,6-7,10,12-13,29H,3,5,8-9,11H2,1-2H3,(H2,28,35)(H2,27,30,32). The number of fused-ring (bicyclic) bond motifs is 1. The predicted molar refractivity (Wildman–Crippen MR) is 144 cm³/mol. The summed E-state index contributed by atoms with van der Waals surface area (Å²) in [5.41, 5.74) is 16.1. The van der Waals surface area contributed by atoms with Crippen molar-refractivity contribution in [3.63, 3.8) is 0 Å². The molecule has 196 valence electrons. The number of nitrogens with two attached hydrogens (primary N) is 2. The highest BCUT2D eigenvalue weighted by Crippen LogP contribution is 2.37. The van der Waals surface area contributed by atoms with Gasteiger partial charge in [0.2, 0.25) is 0 Å². The summed E-state index contributed by atoms with van der Waals surface area (Å²) in [5, 5.41) is 11.6. The van der Waals surface area contributed by atoms with Gasteiger partial charge in [-0.1, -0.05) is 23.7 Å². The van der Waals surface area contributed by atoms with E-state index in [4.69, 9.17) is 37.4 Å². The average Bonchev–Trinajstić information content (AvgIpc) is 3.50. The van der Waals surface area contributed by atoms with Gasteiger partial charge < -0.3 is 26.1 Å². The van der Waals surface area contributed by atoms with Crippen molar-refractivity contribution in [2.24, 2.45) is 0 Å². The number of aryl methyl sites for hydroxylation is 2. The minimum atomic E-state index is 0.153. The Labute approximate surface area is 223 Å². The maximum atomic E-state index is 6.26. The van der Waals surface area contributed by atoms with E-state index in [1.807, 2.05) is 42.7 Å². The predicted octanol–water partition coefficient (Wildman–Crippen LogP) is 3.64. The number of anilines is 2. The second kappa shape index (κ2) is 11.0. The molecule has 5 aromatic rings. The molecular weight excluding hydrogens is 508 g/mol. The molecule has 38 heavy (non-hydrogen) atoms. The quantitative estimate of drug-likeness (QED) is 0.223. The number of hydrogen-bond acceptors (Lipinski definition) is 11. The summed E-state index contributed by atoms with van der Waals surface area (Å²) in [6.45, 7) is 6.13. The van der Waals surface area contributed by atoms with Crippen LogP contribution in [0.5, 0.6) is 5.75 Å². The lowest BCUT2D eigenvalue weighted by Crippen LogP contribution is -2.18. The maximum absolute atomic E-state index is 6.26. The summed E-state index contributed by atoms with van der Waals surface area (Å²) < 4.78 is 13.0. The van der Waals surface area contributed by atoms with Crippen LogP contribution in [0.2, 0.25) is 5.02 Å². The van der Waals surface area contributed by atoms with E-state index in [0.717, 1.165) is 23.1 Å². The highest BCUT2D eigenvalue weighted by molar-refractivity contribution is 6.30. The zero-order valence-electron chi connectivity index (χ0n) is 21.0. The fraction of sp³-hybridized carbons (Fsp3) is 0.280. The van der Waals surface area contributed by atoms with E-state index in [2.05, 4.69) is 30.6 Å². The second-order valence-electron chi connectivity index (χ2n) is 8.56. The minimum Gasteiger partial charge on any atom is -0.490 e. The first-order chi connectivity index (χ1) is 18.5. The molecule has 0 radical (unpaired) electrons. The lowest BCUT2D eigenvalue weighted by molar-refractivity contribution is 0.308. The third-order valence-corrected chi connectivity index (χ3v) is 6.20. The molecule has 12 nitrogen and oxygen atoms in total. The van der Waals surface area contributed by atoms with Crippen molar-refractivity contribution < 1.29 is 9.37 Å². The number of benzene rings is 1. The number of nitrogens with zero attached hydrogens (tertiary/aromatic N) is 7. The maximum Gasteiger partial charge on any atom is 0.199 e. The molecule has 4 aromatic heterocycles. The van der Waals surface area contributed by atoms with Gasteiger partial charge in [-0.15, -0.1) is 0 Å². The molecule has 5 N–H and O–H groups in total. The fourth-order valence-electron chi connectivity index (χ4n) is 4.16. The summed E-state index contributed by atoms with van der Waals surface area (Å²) in [7, 11) is 0. The number of nitrogens with one attached hydrogen (secondary N) is 1. The Balaban J connectivity index is 1.39. The lowest BCUT2D eigenvalue weighted by Gasteiger charge is -2.12. The SMILES string of the molecule is CCn1c(-c2nonc2N)nc2c(-c3cccc(Cl)c3)ncc(OCCCNCc3cnc(C)nc3N)c21. The molecule has 0 aliphatic rings. The summed E-state index contributed by atoms with van der Waals surface area (Å²) in [6, 6.07) is 7.46. The van der Waals surface area contributed by atoms with Crippen molar-refractivity contribution in [1.29, 1.82) is 0 Å². The molecule has 0 bridgehead atoms. The van der Waals surface area contributed by atoms with Crippen LogP contribution in [0.3, 0.4) is 0 Å². The molecule has 0 unspecified atom stereocenters. The van der Waals surface area contributed by atoms with Crippen LogP contribution < -0.4 is 21.5 Å². The summed E-state index contributed by atoms with van der Waals surface area (Å²) in [4.78, 5) is 17.9. The van der Waals surface area contributed by atoms with Crippen LogP contribution in [0, 0.1) is 6.92 Å². The fourth-order valence-corrected chi connectivity index (χ4v) is 4.35. The van der Waals surface area contributed by atoms with E-state index in [9.17, 15) is 0 Å². The molecule has 0 saturated heterocycles. The van der Waals surface area contributed by atoms with E-state index in [1.165, 1.54) is 0 Å². The third-order valence-electron chi connectivity index (χ3n) is 5.97. The van der Waals surface area contributed by atoms with Crippen molar-refractivity contribution in [3.8, 4) is 28.5 Å². The van der Waals surface area contributed by atoms with Crippen LogP contribution in [-0.4, -0.2) is 48.0 Å². The Kier molecular flexibility index (Phi) is 7.33. The van der Waals surface area contributed by atoms with Gasteiger partial charge in [0, 0.05) is 35.4 Å². The molecule has 13 heteroatoms. The van der Waals surface area contributed by atoms with Gasteiger partial charge in [0.25, 0.3) is 0 Å². The van der Waals surface area contributed by atoms with Crippen LogP contribution >= 0.6 is 11.6 Å². The molecule has 4 heterocycles. The Morgan fingerprint density at radius 3 is 2.68 bits per heavy atom. The van der Waals surface area contributed by atoms with E-state index in [-0.39, 0.29) is 5.82 Å². The van der Waals surface area contributed by atoms with Crippen molar-refractivity contribution in [2.45, 2.75) is 33.4 Å². The van der Waals surface area contributed by atoms with E-state index < -0.39 is 0 Å². The molecule has 1 aromatic carbocycles. The van der Waals surface area contributed by atoms with Gasteiger partial charge >= 0.3 is 0 Å². The first-order valence-corrected chi connectivity index (χ1v) is 12.5. The molecule has 0 spiro atoms. The third kappa shape index (κ3) is 5.08. The number of aromatic nitrogens is 7. The second-order valence-corrected chi connectivity index (χ2v) is 9.00. The Hall–Kier alpha value is -4.29. The normalized spacial score (nSPS) is 11.3. The number of ether oxygens (including phenoxy) is 1. The minimum absolute atomic E-state index is 0.153. The summed E-state index contributed by atoms with van der Waals surface area (Å²) in [5.74, 6) is 2.40. The zero-order valence-corrected chi connectivity index (χ0v) is 21.7. The zero-order chi connectivity index (χ0) is 26.6. The van der Waals surface area contributed by atoms with Crippen molar-refractivity contribution in [1.82, 2.24) is 40.1 Å². The number of imidazole rings is 1. The Morgan fingerprint density at radius 1 is 1.08 bits per heavy atom. The summed E-state index contributed by atoms with van der Waals surface area (Å²) >= 11 is 6.26. The van der Waals surface area contributed by atoms with Crippen LogP contribution in [0.1, 0.15) is 24.7 Å². The number of rotatable bonds is 10. The molecule has 0 aliphatic carbocycles. The van der Waals surface area contributed by atoms with Crippen molar-refractivity contribution >= 4 is 34.3 Å². The van der Waals surface area contributed by atoms with E-state index in [0.29, 0.717) is 71.4 Å². The number of pyridine rings is 1. The van der Waals surface area contributed by atoms with Crippen LogP contribution in [0.15, 0.2) is 41.3 Å². The average molecular weight is 535 g/mol. The molecule has 0 aliphatic heterocycles. The lowest BCUT2D eigenvalue weighted by atomic mass is 10.1. The monoisotopic (exact) mass is 534 g/mol. The van der Waals surface area contributed by atoms with Crippen LogP contribution in [0.4, 0.5) is 11.6 Å². The van der Waals surface area contributed by atoms with Gasteiger partial charge in [0.1, 0.15) is 22.7 Å². The number of hydrogen-bond donors (Lipinski definition) is 3. The van der Waals surface area contributed by atoms with Gasteiger partial charge in [-0.05, 0) is 49.3 Å². The highest BCUT2D eigenvalue weighted by Gasteiger charge is 2.24. The number of halogens is 1. The first-order valence-electron chi connectivity index (χ1n) is 12.1. The molecule has 0 fully saturated rings. The Morgan fingerprint density at radius 2 is 1.95 bits per heavy atom. The topological polar surface area (TPSA) is 169 Å². The van der Waals surface area contributed by atoms with Gasteiger partial charge in [-0.3, -0.25) is 0 Å². The van der Waals surface area contributed by atoms with Crippen molar-refractivity contribution in [2.75, 3.05) is 24.6 Å². The summed E-state index contributed by atoms with van der Waals surface area (Å²) in [6.07, 6.45) is 4.20. The molecule has 0 atom stereocenters. The highest BCUT2D eigenvalue weighted by atomic mass is 35.5. The smallest absolute Gasteiger partial charge is 0.199 e. The van der Waals surface area contributed by atoms with E-state index >= 15 is 0 Å². The molecular formula is C25H27ClN10O2. The van der Waals surface area contributed by atoms with Gasteiger partial charge in [-0.25, -0.2) is 24.6 Å². The van der Waals surface area contributed by atoms with Crippen molar-refractivity contribution in [3.05, 3.63) is 53.1 Å². The number of nitrogen functional groups attached to an aromatic ring is 2.